The average Bonchev–Trinajstić information content (AvgIpc) is 3.56. The molecule has 12 heteroatoms. The third-order valence-electron chi connectivity index (χ3n) is 6.44. The SMILES string of the molecule is COCCOC(=O)C1=C(C)N=c2sc(=Cc3ccc(-c4cccc([N+](=O)[O-])c4)o3)c(=O)n2C1c1ccccc1OC. The maximum Gasteiger partial charge on any atom is 0.338 e. The number of non-ortho nitro benzene ring substituents is 1. The van der Waals surface area contributed by atoms with Crippen LogP contribution >= 0.6 is 11.3 Å². The molecule has 0 radical (unpaired) electrons. The van der Waals surface area contributed by atoms with Crippen LogP contribution in [0, 0.1) is 10.1 Å². The minimum Gasteiger partial charge on any atom is -0.496 e. The van der Waals surface area contributed by atoms with Crippen LogP contribution in [-0.2, 0) is 14.3 Å². The molecule has 0 fully saturated rings. The molecule has 5 rings (SSSR count). The van der Waals surface area contributed by atoms with E-state index in [1.807, 2.05) is 0 Å². The predicted molar refractivity (Wildman–Crippen MR) is 150 cm³/mol. The van der Waals surface area contributed by atoms with E-state index in [1.54, 1.807) is 61.5 Å². The quantitative estimate of drug-likeness (QED) is 0.128. The summed E-state index contributed by atoms with van der Waals surface area (Å²) < 4.78 is 23.7. The van der Waals surface area contributed by atoms with E-state index >= 15 is 0 Å². The van der Waals surface area contributed by atoms with Crippen LogP contribution in [0.5, 0.6) is 5.75 Å². The fourth-order valence-corrected chi connectivity index (χ4v) is 5.58. The second kappa shape index (κ2) is 11.7. The van der Waals surface area contributed by atoms with Crippen LogP contribution in [0.15, 0.2) is 86.1 Å². The Kier molecular flexibility index (Phi) is 7.95. The molecular formula is C29H25N3O8S. The highest BCUT2D eigenvalue weighted by Gasteiger charge is 2.35. The van der Waals surface area contributed by atoms with Crippen molar-refractivity contribution in [1.29, 1.82) is 0 Å². The average molecular weight is 576 g/mol. The molecule has 2 aromatic carbocycles. The highest BCUT2D eigenvalue weighted by Crippen LogP contribution is 2.35. The first-order chi connectivity index (χ1) is 19.8. The van der Waals surface area contributed by atoms with Crippen LogP contribution in [0.25, 0.3) is 17.4 Å². The molecule has 0 aliphatic carbocycles. The molecule has 0 amide bonds. The zero-order chi connectivity index (χ0) is 29.1. The summed E-state index contributed by atoms with van der Waals surface area (Å²) >= 11 is 1.15. The van der Waals surface area contributed by atoms with Gasteiger partial charge in [-0.05, 0) is 25.1 Å². The van der Waals surface area contributed by atoms with Gasteiger partial charge in [0.2, 0.25) is 0 Å². The lowest BCUT2D eigenvalue weighted by Crippen LogP contribution is -2.40. The Morgan fingerprint density at radius 1 is 1.15 bits per heavy atom. The van der Waals surface area contributed by atoms with Crippen molar-refractivity contribution in [2.75, 3.05) is 27.4 Å². The first-order valence-corrected chi connectivity index (χ1v) is 13.3. The molecule has 0 saturated carbocycles. The van der Waals surface area contributed by atoms with Gasteiger partial charge in [-0.25, -0.2) is 9.79 Å². The Morgan fingerprint density at radius 3 is 2.71 bits per heavy atom. The lowest BCUT2D eigenvalue weighted by atomic mass is 9.95. The molecule has 0 spiro atoms. The number of para-hydroxylation sites is 1. The molecule has 0 bridgehead atoms. The van der Waals surface area contributed by atoms with E-state index in [2.05, 4.69) is 4.99 Å². The molecule has 1 aliphatic rings. The summed E-state index contributed by atoms with van der Waals surface area (Å²) in [5.74, 6) is 0.676. The molecule has 210 valence electrons. The second-order valence-corrected chi connectivity index (χ2v) is 9.97. The zero-order valence-electron chi connectivity index (χ0n) is 22.4. The molecule has 1 unspecified atom stereocenters. The number of fused-ring (bicyclic) bond motifs is 1. The number of carbonyl (C=O) groups is 1. The number of thiazole rings is 1. The van der Waals surface area contributed by atoms with Crippen molar-refractivity contribution in [3.63, 3.8) is 0 Å². The lowest BCUT2D eigenvalue weighted by Gasteiger charge is -2.26. The van der Waals surface area contributed by atoms with Crippen molar-refractivity contribution in [2.45, 2.75) is 13.0 Å². The van der Waals surface area contributed by atoms with Gasteiger partial charge in [0.25, 0.3) is 11.2 Å². The minimum atomic E-state index is -0.850. The molecule has 1 aliphatic heterocycles. The molecule has 0 N–H and O–H groups in total. The van der Waals surface area contributed by atoms with Crippen LogP contribution in [0.1, 0.15) is 24.3 Å². The molecule has 2 aromatic heterocycles. The summed E-state index contributed by atoms with van der Waals surface area (Å²) in [6.07, 6.45) is 1.58. The number of allylic oxidation sites excluding steroid dienone is 1. The second-order valence-electron chi connectivity index (χ2n) is 8.96. The van der Waals surface area contributed by atoms with E-state index in [1.165, 1.54) is 30.9 Å². The predicted octanol–water partition coefficient (Wildman–Crippen LogP) is 3.60. The van der Waals surface area contributed by atoms with Crippen molar-refractivity contribution >= 4 is 29.1 Å². The van der Waals surface area contributed by atoms with Crippen LogP contribution in [0.4, 0.5) is 5.69 Å². The molecule has 0 saturated heterocycles. The number of esters is 1. The summed E-state index contributed by atoms with van der Waals surface area (Å²) in [5.41, 5.74) is 1.33. The Morgan fingerprint density at radius 2 is 1.95 bits per heavy atom. The monoisotopic (exact) mass is 575 g/mol. The number of benzene rings is 2. The van der Waals surface area contributed by atoms with Crippen LogP contribution in [-0.4, -0.2) is 42.9 Å². The Bertz CT molecular complexity index is 1850. The van der Waals surface area contributed by atoms with E-state index < -0.39 is 16.9 Å². The van der Waals surface area contributed by atoms with Gasteiger partial charge in [-0.15, -0.1) is 0 Å². The number of carbonyl (C=O) groups excluding carboxylic acids is 1. The van der Waals surface area contributed by atoms with Crippen LogP contribution in [0.3, 0.4) is 0 Å². The molecule has 3 heterocycles. The number of ether oxygens (including phenoxy) is 3. The highest BCUT2D eigenvalue weighted by atomic mass is 32.1. The van der Waals surface area contributed by atoms with Gasteiger partial charge in [0.15, 0.2) is 4.80 Å². The van der Waals surface area contributed by atoms with Crippen molar-refractivity contribution in [3.05, 3.63) is 113 Å². The highest BCUT2D eigenvalue weighted by molar-refractivity contribution is 7.07. The Labute approximate surface area is 237 Å². The fourth-order valence-electron chi connectivity index (χ4n) is 4.55. The molecule has 11 nitrogen and oxygen atoms in total. The third-order valence-corrected chi connectivity index (χ3v) is 7.42. The van der Waals surface area contributed by atoms with E-state index in [9.17, 15) is 19.7 Å². The van der Waals surface area contributed by atoms with Crippen molar-refractivity contribution in [2.24, 2.45) is 4.99 Å². The van der Waals surface area contributed by atoms with Gasteiger partial charge < -0.3 is 18.6 Å². The maximum absolute atomic E-state index is 13.9. The molecule has 41 heavy (non-hydrogen) atoms. The summed E-state index contributed by atoms with van der Waals surface area (Å²) in [6.45, 7) is 1.96. The zero-order valence-corrected chi connectivity index (χ0v) is 23.2. The first-order valence-electron chi connectivity index (χ1n) is 12.5. The maximum atomic E-state index is 13.9. The molecule has 1 atom stereocenters. The summed E-state index contributed by atoms with van der Waals surface area (Å²) in [7, 11) is 3.03. The minimum absolute atomic E-state index is 0.0422. The van der Waals surface area contributed by atoms with Crippen molar-refractivity contribution in [3.8, 4) is 17.1 Å². The molecular weight excluding hydrogens is 550 g/mol. The summed E-state index contributed by atoms with van der Waals surface area (Å²) in [6, 6.07) is 15.7. The third kappa shape index (κ3) is 5.47. The number of nitrogens with zero attached hydrogens (tertiary/aromatic N) is 3. The van der Waals surface area contributed by atoms with Gasteiger partial charge in [0.1, 0.15) is 29.9 Å². The number of aromatic nitrogens is 1. The number of furan rings is 1. The number of nitro groups is 1. The Hall–Kier alpha value is -4.81. The number of hydrogen-bond acceptors (Lipinski definition) is 10. The van der Waals surface area contributed by atoms with Crippen molar-refractivity contribution in [1.82, 2.24) is 4.57 Å². The van der Waals surface area contributed by atoms with Crippen LogP contribution in [0.2, 0.25) is 0 Å². The van der Waals surface area contributed by atoms with E-state index in [-0.39, 0.29) is 30.0 Å². The number of nitro benzene ring substituents is 1. The lowest BCUT2D eigenvalue weighted by molar-refractivity contribution is -0.384. The fraction of sp³-hybridized carbons (Fsp3) is 0.207. The van der Waals surface area contributed by atoms with Gasteiger partial charge in [-0.3, -0.25) is 19.5 Å². The van der Waals surface area contributed by atoms with Gasteiger partial charge in [-0.1, -0.05) is 41.7 Å². The number of methoxy groups -OCH3 is 2. The largest absolute Gasteiger partial charge is 0.496 e. The smallest absolute Gasteiger partial charge is 0.338 e. The Balaban J connectivity index is 1.61. The van der Waals surface area contributed by atoms with E-state index in [0.717, 1.165) is 11.3 Å². The normalized spacial score (nSPS) is 14.9. The number of rotatable bonds is 9. The van der Waals surface area contributed by atoms with Gasteiger partial charge in [0, 0.05) is 36.4 Å². The van der Waals surface area contributed by atoms with E-state index in [4.69, 9.17) is 18.6 Å². The van der Waals surface area contributed by atoms with Gasteiger partial charge in [0.05, 0.1) is 34.4 Å². The van der Waals surface area contributed by atoms with Crippen LogP contribution < -0.4 is 19.6 Å². The van der Waals surface area contributed by atoms with E-state index in [0.29, 0.717) is 43.4 Å². The summed E-state index contributed by atoms with van der Waals surface area (Å²) in [5, 5.41) is 11.2. The van der Waals surface area contributed by atoms with Gasteiger partial charge in [-0.2, -0.15) is 0 Å². The molecule has 4 aromatic rings. The topological polar surface area (TPSA) is 135 Å². The first kappa shape index (κ1) is 27.7. The van der Waals surface area contributed by atoms with Gasteiger partial charge >= 0.3 is 5.97 Å². The number of hydrogen-bond donors (Lipinski definition) is 0. The standard InChI is InChI=1S/C29H25N3O8S/c1-17-25(28(34)39-14-13-37-2)26(21-9-4-5-10-23(21)38-3)31-27(33)24(41-29(31)30-17)16-20-11-12-22(40-20)18-7-6-8-19(15-18)32(35)36/h4-12,15-16,26H,13-14H2,1-3H3. The van der Waals surface area contributed by atoms with Crippen molar-refractivity contribution < 1.29 is 28.3 Å². The summed E-state index contributed by atoms with van der Waals surface area (Å²) in [4.78, 5) is 42.8.